The topological polar surface area (TPSA) is 51.1 Å². The van der Waals surface area contributed by atoms with E-state index < -0.39 is 0 Å². The van der Waals surface area contributed by atoms with E-state index in [0.29, 0.717) is 31.3 Å². The van der Waals surface area contributed by atoms with E-state index in [9.17, 15) is 4.79 Å². The minimum absolute atomic E-state index is 0.317. The third-order valence-electron chi connectivity index (χ3n) is 5.91. The van der Waals surface area contributed by atoms with Crippen LogP contribution in [0.15, 0.2) is 83.9 Å². The molecule has 0 aliphatic carbocycles. The number of rotatable bonds is 2. The summed E-state index contributed by atoms with van der Waals surface area (Å²) < 4.78 is 12.1. The highest BCUT2D eigenvalue weighted by Crippen LogP contribution is 2.33. The van der Waals surface area contributed by atoms with Crippen LogP contribution in [0, 0.1) is 0 Å². The molecule has 1 amide bonds. The third-order valence-corrected chi connectivity index (χ3v) is 5.91. The SMILES string of the molecule is O=C(N=C(OC1CCCCO1)N1Cc2ccccc2-c2ccccc2C1)c1ccccc1. The van der Waals surface area contributed by atoms with Crippen molar-refractivity contribution in [2.75, 3.05) is 6.61 Å². The Balaban J connectivity index is 1.53. The summed E-state index contributed by atoms with van der Waals surface area (Å²) in [6, 6.07) is 26.2. The Morgan fingerprint density at radius 3 is 2.09 bits per heavy atom. The summed E-state index contributed by atoms with van der Waals surface area (Å²) in [5, 5.41) is 0. The second-order valence-corrected chi connectivity index (χ2v) is 8.15. The Bertz CT molecular complexity index is 1070. The summed E-state index contributed by atoms with van der Waals surface area (Å²) in [6.45, 7) is 1.85. The first-order valence-electron chi connectivity index (χ1n) is 11.2. The molecule has 3 aromatic rings. The van der Waals surface area contributed by atoms with E-state index in [-0.39, 0.29) is 12.2 Å². The van der Waals surface area contributed by atoms with E-state index in [1.807, 2.05) is 35.2 Å². The summed E-state index contributed by atoms with van der Waals surface area (Å²) in [4.78, 5) is 19.5. The predicted octanol–water partition coefficient (Wildman–Crippen LogP) is 5.41. The van der Waals surface area contributed by atoms with Gasteiger partial charge in [-0.2, -0.15) is 4.99 Å². The first-order chi connectivity index (χ1) is 15.8. The van der Waals surface area contributed by atoms with Gasteiger partial charge in [-0.25, -0.2) is 0 Å². The Hall–Kier alpha value is -3.44. The molecular formula is C27H26N2O3. The number of amides is 1. The van der Waals surface area contributed by atoms with Crippen molar-refractivity contribution in [3.8, 4) is 11.1 Å². The van der Waals surface area contributed by atoms with Gasteiger partial charge in [0.25, 0.3) is 11.9 Å². The number of fused-ring (bicyclic) bond motifs is 3. The average Bonchev–Trinajstić information content (AvgIpc) is 3.02. The van der Waals surface area contributed by atoms with E-state index >= 15 is 0 Å². The lowest BCUT2D eigenvalue weighted by molar-refractivity contribution is -0.120. The van der Waals surface area contributed by atoms with Crippen LogP contribution >= 0.6 is 0 Å². The van der Waals surface area contributed by atoms with Crippen LogP contribution in [0.25, 0.3) is 11.1 Å². The molecule has 32 heavy (non-hydrogen) atoms. The van der Waals surface area contributed by atoms with Crippen molar-refractivity contribution in [3.63, 3.8) is 0 Å². The van der Waals surface area contributed by atoms with Crippen LogP contribution in [0.3, 0.4) is 0 Å². The molecule has 2 aliphatic rings. The summed E-state index contributed by atoms with van der Waals surface area (Å²) in [5.74, 6) is -0.317. The van der Waals surface area contributed by atoms with E-state index in [0.717, 1.165) is 19.3 Å². The maximum Gasteiger partial charge on any atom is 0.298 e. The number of ether oxygens (including phenoxy) is 2. The molecule has 1 atom stereocenters. The van der Waals surface area contributed by atoms with Gasteiger partial charge in [0, 0.05) is 25.1 Å². The monoisotopic (exact) mass is 426 g/mol. The molecule has 3 aromatic carbocycles. The van der Waals surface area contributed by atoms with Crippen molar-refractivity contribution in [1.82, 2.24) is 4.90 Å². The quantitative estimate of drug-likeness (QED) is 0.406. The molecule has 1 fully saturated rings. The molecule has 1 unspecified atom stereocenters. The van der Waals surface area contributed by atoms with Crippen molar-refractivity contribution >= 4 is 11.9 Å². The van der Waals surface area contributed by atoms with E-state index in [1.54, 1.807) is 12.1 Å². The smallest absolute Gasteiger partial charge is 0.298 e. The van der Waals surface area contributed by atoms with Gasteiger partial charge < -0.3 is 14.4 Å². The molecule has 0 radical (unpaired) electrons. The van der Waals surface area contributed by atoms with E-state index in [2.05, 4.69) is 41.4 Å². The van der Waals surface area contributed by atoms with Gasteiger partial charge >= 0.3 is 0 Å². The number of benzene rings is 3. The van der Waals surface area contributed by atoms with Crippen LogP contribution in [-0.2, 0) is 22.6 Å². The molecular weight excluding hydrogens is 400 g/mol. The Morgan fingerprint density at radius 2 is 1.47 bits per heavy atom. The minimum Gasteiger partial charge on any atom is -0.435 e. The molecule has 5 rings (SSSR count). The Labute approximate surface area is 188 Å². The second-order valence-electron chi connectivity index (χ2n) is 8.15. The van der Waals surface area contributed by atoms with Crippen molar-refractivity contribution in [2.45, 2.75) is 38.6 Å². The van der Waals surface area contributed by atoms with Crippen molar-refractivity contribution < 1.29 is 14.3 Å². The molecule has 1 saturated heterocycles. The molecule has 0 spiro atoms. The minimum atomic E-state index is -0.389. The zero-order valence-electron chi connectivity index (χ0n) is 17.9. The Morgan fingerprint density at radius 1 is 0.844 bits per heavy atom. The lowest BCUT2D eigenvalue weighted by atomic mass is 9.97. The maximum atomic E-state index is 13.0. The number of carbonyl (C=O) groups is 1. The van der Waals surface area contributed by atoms with Gasteiger partial charge in [0.15, 0.2) is 0 Å². The summed E-state index contributed by atoms with van der Waals surface area (Å²) in [6.07, 6.45) is 2.47. The highest BCUT2D eigenvalue weighted by Gasteiger charge is 2.26. The molecule has 162 valence electrons. The molecule has 2 aliphatic heterocycles. The van der Waals surface area contributed by atoms with E-state index in [4.69, 9.17) is 9.47 Å². The molecule has 5 heteroatoms. The van der Waals surface area contributed by atoms with Gasteiger partial charge in [-0.1, -0.05) is 66.7 Å². The second kappa shape index (κ2) is 9.37. The molecule has 0 N–H and O–H groups in total. The molecule has 5 nitrogen and oxygen atoms in total. The van der Waals surface area contributed by atoms with Gasteiger partial charge in [-0.05, 0) is 47.2 Å². The average molecular weight is 427 g/mol. The standard InChI is InChI=1S/C27H26N2O3/c30-26(20-10-2-1-3-11-20)28-27(32-25-16-8-9-17-31-25)29-18-21-12-4-6-14-23(21)24-15-7-5-13-22(24)19-29/h1-7,10-15,25H,8-9,16-19H2. The van der Waals surface area contributed by atoms with Gasteiger partial charge in [0.05, 0.1) is 6.61 Å². The number of hydrogen-bond donors (Lipinski definition) is 0. The fourth-order valence-corrected chi connectivity index (χ4v) is 4.27. The van der Waals surface area contributed by atoms with Crippen LogP contribution in [0.1, 0.15) is 40.7 Å². The molecule has 0 bridgehead atoms. The Kier molecular flexibility index (Phi) is 5.99. The summed E-state index contributed by atoms with van der Waals surface area (Å²) in [7, 11) is 0. The zero-order chi connectivity index (χ0) is 21.8. The number of aliphatic imine (C=N–C) groups is 1. The van der Waals surface area contributed by atoms with Crippen molar-refractivity contribution in [2.24, 2.45) is 4.99 Å². The normalized spacial score (nSPS) is 18.3. The van der Waals surface area contributed by atoms with Gasteiger partial charge in [-0.3, -0.25) is 4.79 Å². The highest BCUT2D eigenvalue weighted by atomic mass is 16.7. The maximum absolute atomic E-state index is 13.0. The number of hydrogen-bond acceptors (Lipinski definition) is 3. The summed E-state index contributed by atoms with van der Waals surface area (Å²) in [5.41, 5.74) is 5.28. The predicted molar refractivity (Wildman–Crippen MR) is 124 cm³/mol. The van der Waals surface area contributed by atoms with Gasteiger partial charge in [0.1, 0.15) is 0 Å². The lowest BCUT2D eigenvalue weighted by Gasteiger charge is -2.29. The zero-order valence-corrected chi connectivity index (χ0v) is 17.9. The lowest BCUT2D eigenvalue weighted by Crippen LogP contribution is -2.37. The summed E-state index contributed by atoms with van der Waals surface area (Å²) >= 11 is 0. The highest BCUT2D eigenvalue weighted by molar-refractivity contribution is 6.01. The first kappa shape index (κ1) is 20.5. The number of nitrogens with zero attached hydrogens (tertiary/aromatic N) is 2. The fourth-order valence-electron chi connectivity index (χ4n) is 4.27. The van der Waals surface area contributed by atoms with Crippen molar-refractivity contribution in [1.29, 1.82) is 0 Å². The van der Waals surface area contributed by atoms with Gasteiger partial charge in [-0.15, -0.1) is 0 Å². The number of amidine groups is 1. The van der Waals surface area contributed by atoms with E-state index in [1.165, 1.54) is 22.3 Å². The van der Waals surface area contributed by atoms with Crippen LogP contribution in [-0.4, -0.2) is 29.7 Å². The molecule has 0 saturated carbocycles. The third kappa shape index (κ3) is 4.43. The van der Waals surface area contributed by atoms with Crippen LogP contribution in [0.4, 0.5) is 0 Å². The molecule has 0 aromatic heterocycles. The molecule has 2 heterocycles. The van der Waals surface area contributed by atoms with Crippen LogP contribution in [0.5, 0.6) is 0 Å². The first-order valence-corrected chi connectivity index (χ1v) is 11.2. The number of carbonyl (C=O) groups excluding carboxylic acids is 1. The van der Waals surface area contributed by atoms with Crippen LogP contribution in [0.2, 0.25) is 0 Å². The van der Waals surface area contributed by atoms with Gasteiger partial charge in [0.2, 0.25) is 6.29 Å². The largest absolute Gasteiger partial charge is 0.435 e. The van der Waals surface area contributed by atoms with Crippen molar-refractivity contribution in [3.05, 3.63) is 95.6 Å². The van der Waals surface area contributed by atoms with Crippen LogP contribution < -0.4 is 0 Å². The fraction of sp³-hybridized carbons (Fsp3) is 0.259.